The Morgan fingerprint density at radius 2 is 1.92 bits per heavy atom. The Labute approximate surface area is 120 Å². The summed E-state index contributed by atoms with van der Waals surface area (Å²) < 4.78 is 26.4. The number of hydrogen-bond donors (Lipinski definition) is 0. The quantitative estimate of drug-likeness (QED) is 0.382. The van der Waals surface area contributed by atoms with Gasteiger partial charge >= 0.3 is 51.4 Å². The van der Waals surface area contributed by atoms with Gasteiger partial charge in [0.15, 0.2) is 0 Å². The van der Waals surface area contributed by atoms with Crippen molar-refractivity contribution in [3.05, 3.63) is 0 Å². The minimum absolute atomic E-state index is 0. The van der Waals surface area contributed by atoms with Crippen molar-refractivity contribution in [2.75, 3.05) is 20.4 Å². The summed E-state index contributed by atoms with van der Waals surface area (Å²) in [5, 5.41) is 0. The molecule has 0 saturated carbocycles. The van der Waals surface area contributed by atoms with Crippen molar-refractivity contribution in [2.24, 2.45) is 0 Å². The van der Waals surface area contributed by atoms with Gasteiger partial charge in [0.2, 0.25) is 10.0 Å². The standard InChI is InChI=1S/C3H10NO4PS2.K/c1-4(11(3,6)7)9(5,10)8-2;/h1-3H3,(H,5,10);/q;+1/p-1. The topological polar surface area (TPSA) is 69.7 Å². The first-order chi connectivity index (χ1) is 4.72. The minimum atomic E-state index is -3.56. The zero-order valence-electron chi connectivity index (χ0n) is 7.34. The summed E-state index contributed by atoms with van der Waals surface area (Å²) in [6, 6.07) is 0. The van der Waals surface area contributed by atoms with E-state index in [2.05, 4.69) is 16.3 Å². The van der Waals surface area contributed by atoms with Crippen LogP contribution in [0.15, 0.2) is 0 Å². The summed E-state index contributed by atoms with van der Waals surface area (Å²) in [6.45, 7) is -3.56. The summed E-state index contributed by atoms with van der Waals surface area (Å²) in [5.74, 6) is 0. The number of nitrogens with zero attached hydrogens (tertiary/aromatic N) is 1. The Morgan fingerprint density at radius 1 is 1.58 bits per heavy atom. The third-order valence-corrected chi connectivity index (χ3v) is 6.19. The van der Waals surface area contributed by atoms with Crippen molar-refractivity contribution in [1.82, 2.24) is 4.08 Å². The van der Waals surface area contributed by atoms with E-state index in [0.29, 0.717) is 4.08 Å². The normalized spacial score (nSPS) is 16.8. The van der Waals surface area contributed by atoms with Crippen LogP contribution in [0.25, 0.3) is 0 Å². The first-order valence-electron chi connectivity index (χ1n) is 2.53. The van der Waals surface area contributed by atoms with Gasteiger partial charge < -0.3 is 9.42 Å². The van der Waals surface area contributed by atoms with Crippen molar-refractivity contribution < 1.29 is 69.2 Å². The molecule has 0 aromatic heterocycles. The van der Waals surface area contributed by atoms with Crippen molar-refractivity contribution >= 4 is 28.5 Å². The fourth-order valence-corrected chi connectivity index (χ4v) is 3.27. The van der Waals surface area contributed by atoms with Crippen LogP contribution in [0.1, 0.15) is 0 Å². The van der Waals surface area contributed by atoms with E-state index in [-0.39, 0.29) is 51.4 Å². The van der Waals surface area contributed by atoms with Crippen molar-refractivity contribution in [3.8, 4) is 0 Å². The Hall–Kier alpha value is 2.12. The van der Waals surface area contributed by atoms with Crippen molar-refractivity contribution in [2.45, 2.75) is 0 Å². The van der Waals surface area contributed by atoms with E-state index < -0.39 is 16.7 Å². The molecule has 0 fully saturated rings. The molecule has 0 spiro atoms. The van der Waals surface area contributed by atoms with Crippen LogP contribution in [0.2, 0.25) is 0 Å². The molecule has 0 aliphatic rings. The maximum absolute atomic E-state index is 11.1. The average Bonchev–Trinajstić information content (AvgIpc) is 1.84. The first kappa shape index (κ1) is 16.5. The van der Waals surface area contributed by atoms with Gasteiger partial charge in [0, 0.05) is 14.2 Å². The van der Waals surface area contributed by atoms with E-state index in [4.69, 9.17) is 0 Å². The summed E-state index contributed by atoms with van der Waals surface area (Å²) in [4.78, 5) is 11.1. The molecule has 0 aliphatic heterocycles. The van der Waals surface area contributed by atoms with Crippen LogP contribution < -0.4 is 56.3 Å². The Balaban J connectivity index is 0. The van der Waals surface area contributed by atoms with E-state index in [1.807, 2.05) is 0 Å². The molecule has 0 aliphatic carbocycles. The van der Waals surface area contributed by atoms with Gasteiger partial charge in [-0.1, -0.05) is 11.8 Å². The molecule has 9 heteroatoms. The van der Waals surface area contributed by atoms with Gasteiger partial charge in [-0.3, -0.25) is 0 Å². The average molecular weight is 257 g/mol. The zero-order chi connectivity index (χ0) is 9.28. The van der Waals surface area contributed by atoms with E-state index in [0.717, 1.165) is 20.4 Å². The summed E-state index contributed by atoms with van der Waals surface area (Å²) in [5.41, 5.74) is 0. The van der Waals surface area contributed by atoms with Crippen LogP contribution in [0, 0.1) is 0 Å². The predicted octanol–water partition coefficient (Wildman–Crippen LogP) is -3.89. The van der Waals surface area contributed by atoms with E-state index >= 15 is 0 Å². The molecule has 0 bridgehead atoms. The van der Waals surface area contributed by atoms with Crippen LogP contribution in [0.3, 0.4) is 0 Å². The van der Waals surface area contributed by atoms with E-state index in [9.17, 15) is 13.3 Å². The number of sulfonamides is 1. The molecule has 0 aromatic carbocycles. The second-order valence-electron chi connectivity index (χ2n) is 1.85. The van der Waals surface area contributed by atoms with Gasteiger partial charge in [0.25, 0.3) is 0 Å². The minimum Gasteiger partial charge on any atom is -0.789 e. The van der Waals surface area contributed by atoms with Crippen molar-refractivity contribution in [3.63, 3.8) is 0 Å². The molecule has 0 rings (SSSR count). The Morgan fingerprint density at radius 3 is 2.00 bits per heavy atom. The molecular formula is C3H9KNO4PS2. The van der Waals surface area contributed by atoms with Crippen molar-refractivity contribution in [1.29, 1.82) is 0 Å². The molecular weight excluding hydrogens is 248 g/mol. The third kappa shape index (κ3) is 5.11. The molecule has 0 radical (unpaired) electrons. The predicted molar refractivity (Wildman–Crippen MR) is 43.9 cm³/mol. The van der Waals surface area contributed by atoms with E-state index in [1.165, 1.54) is 0 Å². The SMILES string of the molecule is COP([O-])(=S)N(C)S(C)(=O)=O.[K+]. The zero-order valence-corrected chi connectivity index (χ0v) is 13.0. The monoisotopic (exact) mass is 257 g/mol. The van der Waals surface area contributed by atoms with Gasteiger partial charge in [0.1, 0.15) is 0 Å². The second kappa shape index (κ2) is 5.87. The maximum Gasteiger partial charge on any atom is 1.00 e. The fourth-order valence-electron chi connectivity index (χ4n) is 0.297. The molecule has 1 unspecified atom stereocenters. The van der Waals surface area contributed by atoms with Crippen LogP contribution in [0.5, 0.6) is 0 Å². The molecule has 0 heterocycles. The van der Waals surface area contributed by atoms with Crippen LogP contribution in [0.4, 0.5) is 0 Å². The van der Waals surface area contributed by atoms with Gasteiger partial charge in [0.05, 0.1) is 12.9 Å². The van der Waals surface area contributed by atoms with Crippen LogP contribution in [-0.2, 0) is 26.4 Å². The molecule has 0 aromatic rings. The summed E-state index contributed by atoms with van der Waals surface area (Å²) in [6.07, 6.45) is 0.908. The van der Waals surface area contributed by atoms with Crippen LogP contribution in [-0.4, -0.2) is 32.9 Å². The maximum atomic E-state index is 11.1. The van der Waals surface area contributed by atoms with Gasteiger partial charge in [-0.25, -0.2) is 8.42 Å². The molecule has 5 nitrogen and oxygen atoms in total. The molecule has 68 valence electrons. The largest absolute Gasteiger partial charge is 1.00 e. The van der Waals surface area contributed by atoms with Gasteiger partial charge in [-0.15, -0.1) is 0 Å². The molecule has 1 atom stereocenters. The molecule has 0 amide bonds. The summed E-state index contributed by atoms with van der Waals surface area (Å²) in [7, 11) is -1.31. The number of hydrogen-bond acceptors (Lipinski definition) is 5. The Kier molecular flexibility index (Phi) is 8.09. The summed E-state index contributed by atoms with van der Waals surface area (Å²) >= 11 is 4.40. The van der Waals surface area contributed by atoms with Gasteiger partial charge in [-0.2, -0.15) is 4.08 Å². The van der Waals surface area contributed by atoms with Crippen LogP contribution >= 0.6 is 6.64 Å². The Bertz CT molecular complexity index is 278. The first-order valence-corrected chi connectivity index (χ1v) is 6.97. The number of rotatable bonds is 3. The van der Waals surface area contributed by atoms with Gasteiger partial charge in [-0.05, 0) is 0 Å². The third-order valence-electron chi connectivity index (χ3n) is 1.06. The van der Waals surface area contributed by atoms with E-state index in [1.54, 1.807) is 0 Å². The molecule has 0 N–H and O–H groups in total. The molecule has 0 saturated heterocycles. The molecule has 12 heavy (non-hydrogen) atoms. The smallest absolute Gasteiger partial charge is 0.789 e. The fraction of sp³-hybridized carbons (Fsp3) is 1.00. The second-order valence-corrected chi connectivity index (χ2v) is 7.42.